The van der Waals surface area contributed by atoms with E-state index in [-0.39, 0.29) is 11.8 Å². The van der Waals surface area contributed by atoms with Crippen LogP contribution >= 0.6 is 0 Å². The summed E-state index contributed by atoms with van der Waals surface area (Å²) in [5, 5.41) is 8.38. The van der Waals surface area contributed by atoms with Crippen LogP contribution in [0.1, 0.15) is 36.9 Å². The van der Waals surface area contributed by atoms with Gasteiger partial charge in [0.2, 0.25) is 5.91 Å². The molecule has 1 saturated carbocycles. The molecule has 0 unspecified atom stereocenters. The Labute approximate surface area is 221 Å². The predicted molar refractivity (Wildman–Crippen MR) is 151 cm³/mol. The van der Waals surface area contributed by atoms with Crippen LogP contribution in [-0.2, 0) is 4.79 Å². The second-order valence-electron chi connectivity index (χ2n) is 9.91. The molecule has 0 atom stereocenters. The molecule has 7 nitrogen and oxygen atoms in total. The molecule has 1 aliphatic carbocycles. The zero-order valence-corrected chi connectivity index (χ0v) is 21.5. The SMILES string of the molecule is Cc1ccc2cccc(Oc3ccc(Nc4ncnc5ccc(NC(=O)C6CCCC6)cc45)cc3C)c2n1. The highest BCUT2D eigenvalue weighted by Gasteiger charge is 2.22. The Morgan fingerprint density at radius 1 is 0.895 bits per heavy atom. The lowest BCUT2D eigenvalue weighted by molar-refractivity contribution is -0.119. The highest BCUT2D eigenvalue weighted by Crippen LogP contribution is 2.33. The number of fused-ring (bicyclic) bond motifs is 2. The summed E-state index contributed by atoms with van der Waals surface area (Å²) in [7, 11) is 0. The molecular weight excluding hydrogens is 474 g/mol. The van der Waals surface area contributed by atoms with Crippen molar-refractivity contribution in [3.8, 4) is 11.5 Å². The second-order valence-corrected chi connectivity index (χ2v) is 9.91. The maximum Gasteiger partial charge on any atom is 0.227 e. The van der Waals surface area contributed by atoms with Crippen LogP contribution in [0.4, 0.5) is 17.2 Å². The summed E-state index contributed by atoms with van der Waals surface area (Å²) in [4.78, 5) is 26.2. The third-order valence-corrected chi connectivity index (χ3v) is 7.11. The van der Waals surface area contributed by atoms with Crippen LogP contribution < -0.4 is 15.4 Å². The molecule has 0 aliphatic heterocycles. The number of nitrogens with zero attached hydrogens (tertiary/aromatic N) is 3. The van der Waals surface area contributed by atoms with E-state index in [1.807, 2.05) is 74.5 Å². The third-order valence-electron chi connectivity index (χ3n) is 7.11. The number of carbonyl (C=O) groups excluding carboxylic acids is 1. The fourth-order valence-corrected chi connectivity index (χ4v) is 5.06. The summed E-state index contributed by atoms with van der Waals surface area (Å²) >= 11 is 0. The van der Waals surface area contributed by atoms with E-state index >= 15 is 0 Å². The van der Waals surface area contributed by atoms with Gasteiger partial charge >= 0.3 is 0 Å². The zero-order valence-electron chi connectivity index (χ0n) is 21.5. The van der Waals surface area contributed by atoms with Crippen molar-refractivity contribution < 1.29 is 9.53 Å². The third kappa shape index (κ3) is 4.87. The number of carbonyl (C=O) groups is 1. The van der Waals surface area contributed by atoms with Gasteiger partial charge in [-0.3, -0.25) is 4.79 Å². The summed E-state index contributed by atoms with van der Waals surface area (Å²) in [6, 6.07) is 21.7. The first-order chi connectivity index (χ1) is 18.5. The van der Waals surface area contributed by atoms with Crippen LogP contribution in [0.2, 0.25) is 0 Å². The van der Waals surface area contributed by atoms with Gasteiger partial charge in [0.25, 0.3) is 0 Å². The molecule has 6 rings (SSSR count). The molecule has 0 radical (unpaired) electrons. The van der Waals surface area contributed by atoms with E-state index in [0.717, 1.165) is 81.6 Å². The maximum absolute atomic E-state index is 12.6. The number of rotatable bonds is 6. The van der Waals surface area contributed by atoms with E-state index in [1.165, 1.54) is 0 Å². The van der Waals surface area contributed by atoms with Crippen LogP contribution in [0.15, 0.2) is 73.1 Å². The number of anilines is 3. The molecule has 2 aromatic heterocycles. The molecule has 0 saturated heterocycles. The van der Waals surface area contributed by atoms with Gasteiger partial charge in [-0.15, -0.1) is 0 Å². The molecule has 0 bridgehead atoms. The normalized spacial score (nSPS) is 13.6. The van der Waals surface area contributed by atoms with Crippen molar-refractivity contribution in [1.29, 1.82) is 0 Å². The first-order valence-corrected chi connectivity index (χ1v) is 13.0. The number of pyridine rings is 1. The minimum atomic E-state index is 0.0935. The van der Waals surface area contributed by atoms with Crippen LogP contribution in [0.5, 0.6) is 11.5 Å². The van der Waals surface area contributed by atoms with Crippen molar-refractivity contribution in [1.82, 2.24) is 15.0 Å². The first kappa shape index (κ1) is 23.9. The van der Waals surface area contributed by atoms with Crippen molar-refractivity contribution in [2.24, 2.45) is 5.92 Å². The number of aromatic nitrogens is 3. The Morgan fingerprint density at radius 2 is 1.74 bits per heavy atom. The Kier molecular flexibility index (Phi) is 6.33. The van der Waals surface area contributed by atoms with Gasteiger partial charge < -0.3 is 15.4 Å². The van der Waals surface area contributed by atoms with Gasteiger partial charge in [0.1, 0.15) is 23.4 Å². The summed E-state index contributed by atoms with van der Waals surface area (Å²) in [5.74, 6) is 2.36. The molecule has 1 fully saturated rings. The minimum absolute atomic E-state index is 0.0935. The monoisotopic (exact) mass is 503 g/mol. The maximum atomic E-state index is 12.6. The van der Waals surface area contributed by atoms with Crippen molar-refractivity contribution in [3.05, 3.63) is 84.3 Å². The second kappa shape index (κ2) is 10.1. The minimum Gasteiger partial charge on any atom is -0.455 e. The van der Waals surface area contributed by atoms with E-state index in [9.17, 15) is 4.79 Å². The van der Waals surface area contributed by atoms with Gasteiger partial charge in [-0.05, 0) is 80.8 Å². The van der Waals surface area contributed by atoms with Gasteiger partial charge in [-0.2, -0.15) is 0 Å². The zero-order chi connectivity index (χ0) is 26.1. The van der Waals surface area contributed by atoms with Crippen molar-refractivity contribution in [2.75, 3.05) is 10.6 Å². The van der Waals surface area contributed by atoms with Gasteiger partial charge in [-0.25, -0.2) is 15.0 Å². The lowest BCUT2D eigenvalue weighted by Gasteiger charge is -2.14. The molecule has 38 heavy (non-hydrogen) atoms. The Bertz CT molecular complexity index is 1660. The van der Waals surface area contributed by atoms with E-state index in [1.54, 1.807) is 6.33 Å². The smallest absolute Gasteiger partial charge is 0.227 e. The number of para-hydroxylation sites is 1. The molecule has 0 spiro atoms. The molecule has 2 heterocycles. The Hall–Kier alpha value is -4.52. The quantitative estimate of drug-likeness (QED) is 0.250. The molecule has 3 aromatic carbocycles. The molecule has 7 heteroatoms. The number of aryl methyl sites for hydroxylation is 2. The van der Waals surface area contributed by atoms with E-state index in [0.29, 0.717) is 5.82 Å². The topological polar surface area (TPSA) is 89.0 Å². The van der Waals surface area contributed by atoms with E-state index < -0.39 is 0 Å². The van der Waals surface area contributed by atoms with E-state index in [2.05, 4.69) is 31.7 Å². The molecule has 190 valence electrons. The fraction of sp³-hybridized carbons (Fsp3) is 0.226. The molecular formula is C31H29N5O2. The van der Waals surface area contributed by atoms with Crippen molar-refractivity contribution >= 4 is 44.9 Å². The summed E-state index contributed by atoms with van der Waals surface area (Å²) < 4.78 is 6.29. The van der Waals surface area contributed by atoms with Crippen molar-refractivity contribution in [2.45, 2.75) is 39.5 Å². The number of amides is 1. The molecule has 1 aliphatic rings. The van der Waals surface area contributed by atoms with Gasteiger partial charge in [0.05, 0.1) is 5.52 Å². The average Bonchev–Trinajstić information content (AvgIpc) is 3.46. The molecule has 1 amide bonds. The lowest BCUT2D eigenvalue weighted by atomic mass is 10.1. The Balaban J connectivity index is 1.24. The van der Waals surface area contributed by atoms with E-state index in [4.69, 9.17) is 4.74 Å². The van der Waals surface area contributed by atoms with Crippen LogP contribution in [0.25, 0.3) is 21.8 Å². The molecule has 5 aromatic rings. The average molecular weight is 504 g/mol. The lowest BCUT2D eigenvalue weighted by Crippen LogP contribution is -2.20. The highest BCUT2D eigenvalue weighted by atomic mass is 16.5. The largest absolute Gasteiger partial charge is 0.455 e. The standard InChI is InChI=1S/C31H29N5O2/c1-19-16-23(13-15-27(19)38-28-9-5-8-21-11-10-20(2)34-29(21)28)35-30-25-17-24(12-14-26(25)32-18-33-30)36-31(37)22-6-3-4-7-22/h5,8-18,22H,3-4,6-7H2,1-2H3,(H,36,37)(H,32,33,35). The van der Waals surface area contributed by atoms with Crippen molar-refractivity contribution in [3.63, 3.8) is 0 Å². The van der Waals surface area contributed by atoms with Gasteiger partial charge in [-0.1, -0.05) is 31.0 Å². The van der Waals surface area contributed by atoms with Crippen LogP contribution in [0.3, 0.4) is 0 Å². The first-order valence-electron chi connectivity index (χ1n) is 13.0. The van der Waals surface area contributed by atoms with Gasteiger partial charge in [0, 0.05) is 33.8 Å². The number of hydrogen-bond acceptors (Lipinski definition) is 6. The van der Waals surface area contributed by atoms with Crippen LogP contribution in [0, 0.1) is 19.8 Å². The van der Waals surface area contributed by atoms with Gasteiger partial charge in [0.15, 0.2) is 5.75 Å². The highest BCUT2D eigenvalue weighted by molar-refractivity contribution is 5.98. The molecule has 2 N–H and O–H groups in total. The Morgan fingerprint density at radius 3 is 2.58 bits per heavy atom. The summed E-state index contributed by atoms with van der Waals surface area (Å²) in [5.41, 5.74) is 5.20. The number of hydrogen-bond donors (Lipinski definition) is 2. The summed E-state index contributed by atoms with van der Waals surface area (Å²) in [6.07, 6.45) is 5.72. The number of nitrogens with one attached hydrogen (secondary N) is 2. The van der Waals surface area contributed by atoms with Crippen LogP contribution in [-0.4, -0.2) is 20.9 Å². The number of ether oxygens (including phenoxy) is 1. The number of benzene rings is 3. The summed E-state index contributed by atoms with van der Waals surface area (Å²) in [6.45, 7) is 3.99. The predicted octanol–water partition coefficient (Wildman–Crippen LogP) is 7.46. The fourth-order valence-electron chi connectivity index (χ4n) is 5.06.